The van der Waals surface area contributed by atoms with Crippen molar-refractivity contribution in [1.82, 2.24) is 19.8 Å². The highest BCUT2D eigenvalue weighted by Crippen LogP contribution is 2.27. The fourth-order valence-corrected chi connectivity index (χ4v) is 3.97. The molecule has 1 aromatic heterocycles. The second-order valence-electron chi connectivity index (χ2n) is 7.49. The molecular weight excluding hydrogens is 359 g/mol. The zero-order chi connectivity index (χ0) is 19.7. The molecule has 0 saturated carbocycles. The van der Waals surface area contributed by atoms with E-state index in [2.05, 4.69) is 4.98 Å². The third kappa shape index (κ3) is 3.74. The summed E-state index contributed by atoms with van der Waals surface area (Å²) in [7, 11) is 0. The number of amides is 2. The van der Waals surface area contributed by atoms with Gasteiger partial charge >= 0.3 is 0 Å². The van der Waals surface area contributed by atoms with Gasteiger partial charge in [-0.05, 0) is 31.0 Å². The number of rotatable bonds is 2. The molecule has 2 aliphatic heterocycles. The molecule has 6 nitrogen and oxygen atoms in total. The fraction of sp³-hybridized carbons (Fsp3) is 0.429. The molecule has 2 aliphatic rings. The van der Waals surface area contributed by atoms with Gasteiger partial charge in [0.2, 0.25) is 5.91 Å². The Morgan fingerprint density at radius 3 is 2.86 bits per heavy atom. The van der Waals surface area contributed by atoms with Gasteiger partial charge < -0.3 is 9.80 Å². The van der Waals surface area contributed by atoms with Gasteiger partial charge in [-0.1, -0.05) is 6.07 Å². The second-order valence-corrected chi connectivity index (χ2v) is 7.49. The van der Waals surface area contributed by atoms with Gasteiger partial charge in [0.15, 0.2) is 0 Å². The number of hydrogen-bond donors (Lipinski definition) is 0. The standard InChI is InChI=1S/C21H23FN4O2/c1-14(27)25-9-7-19-17(13-25)11-23-20(24-19)16-5-3-8-26(12-16)21(28)15-4-2-6-18(22)10-15/h2,4,6,10-11,16H,3,5,7-9,12-13H2,1H3/t16-/m1/s1. The molecule has 1 saturated heterocycles. The molecule has 0 aliphatic carbocycles. The van der Waals surface area contributed by atoms with Crippen molar-refractivity contribution in [3.63, 3.8) is 0 Å². The first-order valence-corrected chi connectivity index (χ1v) is 9.66. The highest BCUT2D eigenvalue weighted by molar-refractivity contribution is 5.94. The summed E-state index contributed by atoms with van der Waals surface area (Å²) in [4.78, 5) is 37.2. The molecule has 0 spiro atoms. The van der Waals surface area contributed by atoms with E-state index in [1.807, 2.05) is 6.20 Å². The molecule has 0 N–H and O–H groups in total. The summed E-state index contributed by atoms with van der Waals surface area (Å²) in [6.07, 6.45) is 4.33. The smallest absolute Gasteiger partial charge is 0.253 e. The third-order valence-electron chi connectivity index (χ3n) is 5.54. The minimum atomic E-state index is -0.406. The van der Waals surface area contributed by atoms with Crippen LogP contribution in [0.25, 0.3) is 0 Å². The molecule has 0 bridgehead atoms. The number of aromatic nitrogens is 2. The average Bonchev–Trinajstić information content (AvgIpc) is 2.72. The minimum absolute atomic E-state index is 0.0634. The lowest BCUT2D eigenvalue weighted by Crippen LogP contribution is -2.40. The molecule has 7 heteroatoms. The Balaban J connectivity index is 1.49. The zero-order valence-electron chi connectivity index (χ0n) is 15.9. The van der Waals surface area contributed by atoms with Crippen LogP contribution in [0.4, 0.5) is 4.39 Å². The van der Waals surface area contributed by atoms with Crippen LogP contribution in [0.5, 0.6) is 0 Å². The van der Waals surface area contributed by atoms with Gasteiger partial charge in [0.1, 0.15) is 11.6 Å². The first-order valence-electron chi connectivity index (χ1n) is 9.66. The lowest BCUT2D eigenvalue weighted by molar-refractivity contribution is -0.129. The van der Waals surface area contributed by atoms with Gasteiger partial charge in [-0.25, -0.2) is 14.4 Å². The van der Waals surface area contributed by atoms with Gasteiger partial charge in [-0.15, -0.1) is 0 Å². The SMILES string of the molecule is CC(=O)N1CCc2nc([C@@H]3CCCN(C(=O)c4cccc(F)c4)C3)ncc2C1. The first kappa shape index (κ1) is 18.5. The Bertz CT molecular complexity index is 917. The van der Waals surface area contributed by atoms with Crippen LogP contribution in [0.2, 0.25) is 0 Å². The molecule has 1 aromatic carbocycles. The third-order valence-corrected chi connectivity index (χ3v) is 5.54. The Morgan fingerprint density at radius 2 is 2.07 bits per heavy atom. The topological polar surface area (TPSA) is 66.4 Å². The quantitative estimate of drug-likeness (QED) is 0.801. The van der Waals surface area contributed by atoms with Crippen molar-refractivity contribution in [2.24, 2.45) is 0 Å². The summed E-state index contributed by atoms with van der Waals surface area (Å²) in [5.41, 5.74) is 2.36. The normalized spacial score (nSPS) is 19.3. The molecule has 146 valence electrons. The molecular formula is C21H23FN4O2. The highest BCUT2D eigenvalue weighted by atomic mass is 19.1. The largest absolute Gasteiger partial charge is 0.338 e. The van der Waals surface area contributed by atoms with E-state index in [9.17, 15) is 14.0 Å². The summed E-state index contributed by atoms with van der Waals surface area (Å²) in [5, 5.41) is 0. The number of carbonyl (C=O) groups excluding carboxylic acids is 2. The molecule has 1 atom stereocenters. The maximum absolute atomic E-state index is 13.5. The summed E-state index contributed by atoms with van der Waals surface area (Å²) in [5.74, 6) is 0.332. The first-order chi connectivity index (χ1) is 13.5. The van der Waals surface area contributed by atoms with E-state index in [0.29, 0.717) is 31.7 Å². The van der Waals surface area contributed by atoms with Crippen LogP contribution >= 0.6 is 0 Å². The van der Waals surface area contributed by atoms with E-state index in [0.717, 1.165) is 36.3 Å². The molecule has 28 heavy (non-hydrogen) atoms. The van der Waals surface area contributed by atoms with Gasteiger partial charge in [0.05, 0.1) is 5.69 Å². The van der Waals surface area contributed by atoms with Crippen LogP contribution in [0.1, 0.15) is 53.1 Å². The van der Waals surface area contributed by atoms with E-state index in [4.69, 9.17) is 4.98 Å². The number of halogens is 1. The van der Waals surface area contributed by atoms with E-state index in [1.165, 1.54) is 12.1 Å². The molecule has 0 radical (unpaired) electrons. The summed E-state index contributed by atoms with van der Waals surface area (Å²) in [6, 6.07) is 5.82. The molecule has 1 fully saturated rings. The highest BCUT2D eigenvalue weighted by Gasteiger charge is 2.28. The number of nitrogens with zero attached hydrogens (tertiary/aromatic N) is 4. The number of piperidine rings is 1. The van der Waals surface area contributed by atoms with E-state index < -0.39 is 5.82 Å². The van der Waals surface area contributed by atoms with Gasteiger partial charge in [0.25, 0.3) is 5.91 Å². The van der Waals surface area contributed by atoms with Crippen molar-refractivity contribution in [2.75, 3.05) is 19.6 Å². The van der Waals surface area contributed by atoms with Crippen molar-refractivity contribution in [2.45, 2.75) is 38.6 Å². The number of hydrogen-bond acceptors (Lipinski definition) is 4. The Hall–Kier alpha value is -2.83. The number of carbonyl (C=O) groups is 2. The van der Waals surface area contributed by atoms with Gasteiger partial charge in [-0.2, -0.15) is 0 Å². The summed E-state index contributed by atoms with van der Waals surface area (Å²) in [6.45, 7) is 4.00. The van der Waals surface area contributed by atoms with E-state index >= 15 is 0 Å². The van der Waals surface area contributed by atoms with Crippen LogP contribution in [0.15, 0.2) is 30.5 Å². The van der Waals surface area contributed by atoms with Crippen molar-refractivity contribution in [3.8, 4) is 0 Å². The fourth-order valence-electron chi connectivity index (χ4n) is 3.97. The number of likely N-dealkylation sites (tertiary alicyclic amines) is 1. The minimum Gasteiger partial charge on any atom is -0.338 e. The van der Waals surface area contributed by atoms with Crippen molar-refractivity contribution in [3.05, 3.63) is 58.9 Å². The second kappa shape index (κ2) is 7.66. The lowest BCUT2D eigenvalue weighted by Gasteiger charge is -2.33. The van der Waals surface area contributed by atoms with Crippen LogP contribution in [-0.2, 0) is 17.8 Å². The molecule has 4 rings (SSSR count). The number of benzene rings is 1. The summed E-state index contributed by atoms with van der Waals surface area (Å²) >= 11 is 0. The van der Waals surface area contributed by atoms with Crippen molar-refractivity contribution >= 4 is 11.8 Å². The van der Waals surface area contributed by atoms with Crippen LogP contribution in [0.3, 0.4) is 0 Å². The van der Waals surface area contributed by atoms with Crippen LogP contribution in [-0.4, -0.2) is 51.2 Å². The predicted octanol–water partition coefficient (Wildman–Crippen LogP) is 2.54. The average molecular weight is 382 g/mol. The molecule has 2 amide bonds. The van der Waals surface area contributed by atoms with Crippen molar-refractivity contribution in [1.29, 1.82) is 0 Å². The maximum Gasteiger partial charge on any atom is 0.253 e. The molecule has 2 aromatic rings. The Kier molecular flexibility index (Phi) is 5.07. The van der Waals surface area contributed by atoms with Gasteiger partial charge in [-0.3, -0.25) is 9.59 Å². The summed E-state index contributed by atoms with van der Waals surface area (Å²) < 4.78 is 13.5. The predicted molar refractivity (Wildman–Crippen MR) is 101 cm³/mol. The van der Waals surface area contributed by atoms with E-state index in [1.54, 1.807) is 28.9 Å². The Labute approximate surface area is 163 Å². The van der Waals surface area contributed by atoms with Crippen molar-refractivity contribution < 1.29 is 14.0 Å². The monoisotopic (exact) mass is 382 g/mol. The van der Waals surface area contributed by atoms with Crippen LogP contribution in [0, 0.1) is 5.82 Å². The van der Waals surface area contributed by atoms with Gasteiger partial charge in [0, 0.05) is 62.8 Å². The molecule has 0 unspecified atom stereocenters. The zero-order valence-corrected chi connectivity index (χ0v) is 15.9. The number of fused-ring (bicyclic) bond motifs is 1. The van der Waals surface area contributed by atoms with Crippen LogP contribution < -0.4 is 0 Å². The maximum atomic E-state index is 13.5. The molecule has 3 heterocycles. The lowest BCUT2D eigenvalue weighted by atomic mass is 9.95. The van der Waals surface area contributed by atoms with E-state index in [-0.39, 0.29) is 17.7 Å². The Morgan fingerprint density at radius 1 is 1.21 bits per heavy atom.